The SMILES string of the molecule is O=C(Nc1ccc2[nH]ncc2c1)c1ccc2c(c1)CNC2. The van der Waals surface area contributed by atoms with E-state index in [-0.39, 0.29) is 5.91 Å². The molecule has 5 heteroatoms. The summed E-state index contributed by atoms with van der Waals surface area (Å²) in [6.07, 6.45) is 1.74. The lowest BCUT2D eigenvalue weighted by Crippen LogP contribution is -2.12. The van der Waals surface area contributed by atoms with Crippen LogP contribution in [0.2, 0.25) is 0 Å². The number of aromatic nitrogens is 2. The molecule has 0 saturated heterocycles. The van der Waals surface area contributed by atoms with Gasteiger partial charge in [0.25, 0.3) is 5.91 Å². The third-order valence-electron chi connectivity index (χ3n) is 3.80. The van der Waals surface area contributed by atoms with Crippen LogP contribution in [0.3, 0.4) is 0 Å². The number of rotatable bonds is 2. The van der Waals surface area contributed by atoms with E-state index < -0.39 is 0 Å². The van der Waals surface area contributed by atoms with Crippen LogP contribution in [-0.4, -0.2) is 16.1 Å². The van der Waals surface area contributed by atoms with E-state index in [9.17, 15) is 4.79 Å². The van der Waals surface area contributed by atoms with Crippen LogP contribution in [0.15, 0.2) is 42.6 Å². The van der Waals surface area contributed by atoms with E-state index in [0.717, 1.165) is 29.7 Å². The van der Waals surface area contributed by atoms with Gasteiger partial charge in [0.05, 0.1) is 11.7 Å². The molecule has 0 saturated carbocycles. The molecule has 5 nitrogen and oxygen atoms in total. The van der Waals surface area contributed by atoms with Crippen LogP contribution in [0.1, 0.15) is 21.5 Å². The van der Waals surface area contributed by atoms with Crippen LogP contribution in [0.5, 0.6) is 0 Å². The average Bonchev–Trinajstić information content (AvgIpc) is 3.14. The third kappa shape index (κ3) is 2.17. The number of aromatic amines is 1. The molecule has 0 aliphatic carbocycles. The molecule has 3 aromatic rings. The highest BCUT2D eigenvalue weighted by atomic mass is 16.1. The highest BCUT2D eigenvalue weighted by molar-refractivity contribution is 6.05. The maximum absolute atomic E-state index is 12.3. The van der Waals surface area contributed by atoms with Crippen molar-refractivity contribution in [3.05, 3.63) is 59.3 Å². The van der Waals surface area contributed by atoms with Crippen LogP contribution < -0.4 is 10.6 Å². The number of hydrogen-bond donors (Lipinski definition) is 3. The van der Waals surface area contributed by atoms with Crippen molar-refractivity contribution in [2.75, 3.05) is 5.32 Å². The average molecular weight is 278 g/mol. The highest BCUT2D eigenvalue weighted by Crippen LogP contribution is 2.20. The van der Waals surface area contributed by atoms with Gasteiger partial charge in [-0.05, 0) is 41.5 Å². The zero-order chi connectivity index (χ0) is 14.2. The Morgan fingerprint density at radius 2 is 2.00 bits per heavy atom. The number of carbonyl (C=O) groups is 1. The summed E-state index contributed by atoms with van der Waals surface area (Å²) < 4.78 is 0. The fourth-order valence-corrected chi connectivity index (χ4v) is 2.66. The summed E-state index contributed by atoms with van der Waals surface area (Å²) in [7, 11) is 0. The number of hydrogen-bond acceptors (Lipinski definition) is 3. The summed E-state index contributed by atoms with van der Waals surface area (Å²) >= 11 is 0. The first kappa shape index (κ1) is 12.1. The van der Waals surface area contributed by atoms with E-state index >= 15 is 0 Å². The predicted molar refractivity (Wildman–Crippen MR) is 81.0 cm³/mol. The zero-order valence-corrected chi connectivity index (χ0v) is 11.3. The maximum Gasteiger partial charge on any atom is 0.255 e. The molecule has 21 heavy (non-hydrogen) atoms. The van der Waals surface area contributed by atoms with Crippen LogP contribution in [0, 0.1) is 0 Å². The summed E-state index contributed by atoms with van der Waals surface area (Å²) in [6.45, 7) is 1.71. The molecule has 0 radical (unpaired) electrons. The van der Waals surface area contributed by atoms with Gasteiger partial charge in [0.1, 0.15) is 0 Å². The van der Waals surface area contributed by atoms with Crippen molar-refractivity contribution in [2.45, 2.75) is 13.1 Å². The zero-order valence-electron chi connectivity index (χ0n) is 11.3. The van der Waals surface area contributed by atoms with E-state index in [4.69, 9.17) is 0 Å². The Balaban J connectivity index is 1.59. The largest absolute Gasteiger partial charge is 0.322 e. The van der Waals surface area contributed by atoms with Crippen molar-refractivity contribution >= 4 is 22.5 Å². The van der Waals surface area contributed by atoms with Gasteiger partial charge in [-0.15, -0.1) is 0 Å². The van der Waals surface area contributed by atoms with Gasteiger partial charge >= 0.3 is 0 Å². The number of nitrogens with one attached hydrogen (secondary N) is 3. The molecule has 2 aromatic carbocycles. The minimum Gasteiger partial charge on any atom is -0.322 e. The lowest BCUT2D eigenvalue weighted by Gasteiger charge is -2.07. The number of fused-ring (bicyclic) bond motifs is 2. The molecule has 0 bridgehead atoms. The second kappa shape index (κ2) is 4.71. The quantitative estimate of drug-likeness (QED) is 0.674. The highest BCUT2D eigenvalue weighted by Gasteiger charge is 2.13. The fraction of sp³-hybridized carbons (Fsp3) is 0.125. The standard InChI is InChI=1S/C16H14N4O/c21-16(10-1-2-11-7-17-8-12(11)5-10)19-14-3-4-15-13(6-14)9-18-20-15/h1-6,9,17H,7-8H2,(H,18,20)(H,19,21). The van der Waals surface area contributed by atoms with E-state index in [1.165, 1.54) is 11.1 Å². The molecule has 1 aliphatic rings. The molecule has 0 atom stereocenters. The van der Waals surface area contributed by atoms with E-state index in [1.54, 1.807) is 6.20 Å². The first-order chi connectivity index (χ1) is 10.3. The lowest BCUT2D eigenvalue weighted by molar-refractivity contribution is 0.102. The maximum atomic E-state index is 12.3. The van der Waals surface area contributed by atoms with Gasteiger partial charge in [0.15, 0.2) is 0 Å². The molecular weight excluding hydrogens is 264 g/mol. The van der Waals surface area contributed by atoms with Gasteiger partial charge in [-0.1, -0.05) is 6.07 Å². The summed E-state index contributed by atoms with van der Waals surface area (Å²) in [5, 5.41) is 14.1. The van der Waals surface area contributed by atoms with Crippen molar-refractivity contribution in [1.29, 1.82) is 0 Å². The van der Waals surface area contributed by atoms with Gasteiger partial charge in [-0.25, -0.2) is 0 Å². The first-order valence-electron chi connectivity index (χ1n) is 6.86. The molecule has 0 fully saturated rings. The Bertz CT molecular complexity index is 837. The number of H-pyrrole nitrogens is 1. The van der Waals surface area contributed by atoms with Crippen LogP contribution in [0.25, 0.3) is 10.9 Å². The van der Waals surface area contributed by atoms with Gasteiger partial charge in [0, 0.05) is 29.7 Å². The van der Waals surface area contributed by atoms with Crippen molar-refractivity contribution < 1.29 is 4.79 Å². The number of benzene rings is 2. The second-order valence-electron chi connectivity index (χ2n) is 5.21. The second-order valence-corrected chi connectivity index (χ2v) is 5.21. The van der Waals surface area contributed by atoms with Gasteiger partial charge in [0.2, 0.25) is 0 Å². The van der Waals surface area contributed by atoms with E-state index in [1.807, 2.05) is 36.4 Å². The number of amides is 1. The predicted octanol–water partition coefficient (Wildman–Crippen LogP) is 2.42. The van der Waals surface area contributed by atoms with Crippen LogP contribution >= 0.6 is 0 Å². The molecule has 1 aliphatic heterocycles. The van der Waals surface area contributed by atoms with E-state index in [2.05, 4.69) is 20.8 Å². The topological polar surface area (TPSA) is 69.8 Å². The number of anilines is 1. The Labute approximate surface area is 121 Å². The summed E-state index contributed by atoms with van der Waals surface area (Å²) in [4.78, 5) is 12.3. The van der Waals surface area contributed by atoms with Crippen LogP contribution in [0.4, 0.5) is 5.69 Å². The van der Waals surface area contributed by atoms with Crippen LogP contribution in [-0.2, 0) is 13.1 Å². The molecule has 1 aromatic heterocycles. The number of carbonyl (C=O) groups excluding carboxylic acids is 1. The number of nitrogens with zero attached hydrogens (tertiary/aromatic N) is 1. The minimum atomic E-state index is -0.0902. The van der Waals surface area contributed by atoms with Gasteiger partial charge in [-0.3, -0.25) is 9.89 Å². The third-order valence-corrected chi connectivity index (χ3v) is 3.80. The molecule has 4 rings (SSSR count). The molecule has 3 N–H and O–H groups in total. The smallest absolute Gasteiger partial charge is 0.255 e. The molecule has 2 heterocycles. The van der Waals surface area contributed by atoms with Gasteiger partial charge in [-0.2, -0.15) is 5.10 Å². The Kier molecular flexibility index (Phi) is 2.72. The van der Waals surface area contributed by atoms with Crippen molar-refractivity contribution in [3.8, 4) is 0 Å². The molecule has 0 spiro atoms. The molecule has 0 unspecified atom stereocenters. The lowest BCUT2D eigenvalue weighted by atomic mass is 10.1. The Hall–Kier alpha value is -2.66. The fourth-order valence-electron chi connectivity index (χ4n) is 2.66. The normalized spacial score (nSPS) is 13.3. The molecule has 1 amide bonds. The van der Waals surface area contributed by atoms with Crippen molar-refractivity contribution in [3.63, 3.8) is 0 Å². The Morgan fingerprint density at radius 1 is 1.10 bits per heavy atom. The molecular formula is C16H14N4O. The molecule has 104 valence electrons. The van der Waals surface area contributed by atoms with Crippen molar-refractivity contribution in [1.82, 2.24) is 15.5 Å². The summed E-state index contributed by atoms with van der Waals surface area (Å²) in [5.41, 5.74) is 4.88. The summed E-state index contributed by atoms with van der Waals surface area (Å²) in [5.74, 6) is -0.0902. The summed E-state index contributed by atoms with van der Waals surface area (Å²) in [6, 6.07) is 11.5. The Morgan fingerprint density at radius 3 is 2.95 bits per heavy atom. The van der Waals surface area contributed by atoms with Gasteiger partial charge < -0.3 is 10.6 Å². The van der Waals surface area contributed by atoms with E-state index in [0.29, 0.717) is 5.56 Å². The van der Waals surface area contributed by atoms with Crippen molar-refractivity contribution in [2.24, 2.45) is 0 Å². The first-order valence-corrected chi connectivity index (χ1v) is 6.86. The minimum absolute atomic E-state index is 0.0902. The monoisotopic (exact) mass is 278 g/mol.